The van der Waals surface area contributed by atoms with E-state index in [4.69, 9.17) is 0 Å². The second kappa shape index (κ2) is 11.3. The van der Waals surface area contributed by atoms with Crippen LogP contribution in [0.5, 0.6) is 0 Å². The average Bonchev–Trinajstić information content (AvgIpc) is 3.52. The molecule has 0 amide bonds. The van der Waals surface area contributed by atoms with Crippen LogP contribution in [-0.4, -0.2) is 43.1 Å². The van der Waals surface area contributed by atoms with Gasteiger partial charge in [-0.2, -0.15) is 8.61 Å². The van der Waals surface area contributed by atoms with Gasteiger partial charge in [0.25, 0.3) is 0 Å². The number of aryl methyl sites for hydroxylation is 2. The zero-order valence-corrected chi connectivity index (χ0v) is 29.0. The van der Waals surface area contributed by atoms with Crippen LogP contribution in [0.1, 0.15) is 34.9 Å². The molecule has 236 valence electrons. The Bertz CT molecular complexity index is 2230. The van der Waals surface area contributed by atoms with Crippen LogP contribution in [-0.2, 0) is 38.7 Å². The van der Waals surface area contributed by atoms with E-state index in [-0.39, 0.29) is 29.4 Å². The van der Waals surface area contributed by atoms with Crippen LogP contribution in [0, 0.1) is 13.8 Å². The third kappa shape index (κ3) is 5.07. The zero-order chi connectivity index (χ0) is 32.4. The second-order valence-electron chi connectivity index (χ2n) is 12.4. The highest BCUT2D eigenvalue weighted by molar-refractivity contribution is 9.10. The summed E-state index contributed by atoms with van der Waals surface area (Å²) >= 11 is 3.66. The Hall–Kier alpha value is -3.54. The van der Waals surface area contributed by atoms with Gasteiger partial charge in [0.15, 0.2) is 0 Å². The van der Waals surface area contributed by atoms with E-state index in [2.05, 4.69) is 20.5 Å². The molecule has 0 saturated carbocycles. The van der Waals surface area contributed by atoms with Gasteiger partial charge in [-0.25, -0.2) is 16.8 Å². The molecule has 1 unspecified atom stereocenters. The number of nitrogens with zero attached hydrogens (tertiary/aromatic N) is 3. The molecule has 7 rings (SSSR count). The normalized spacial score (nSPS) is 19.1. The molecule has 1 spiro atoms. The van der Waals surface area contributed by atoms with Crippen LogP contribution in [0.2, 0.25) is 0 Å². The molecule has 46 heavy (non-hydrogen) atoms. The van der Waals surface area contributed by atoms with E-state index >= 15 is 0 Å². The lowest BCUT2D eigenvalue weighted by Gasteiger charge is -2.44. The minimum Gasteiger partial charge on any atom is -0.338 e. The molecular formula is C36H34BrN3O4S2. The van der Waals surface area contributed by atoms with Crippen molar-refractivity contribution < 1.29 is 16.8 Å². The summed E-state index contributed by atoms with van der Waals surface area (Å²) in [4.78, 5) is 0.353. The van der Waals surface area contributed by atoms with Crippen molar-refractivity contribution in [1.29, 1.82) is 0 Å². The van der Waals surface area contributed by atoms with Crippen molar-refractivity contribution in [2.24, 2.45) is 0 Å². The molecule has 0 fully saturated rings. The summed E-state index contributed by atoms with van der Waals surface area (Å²) in [7, 11) is -8.08. The van der Waals surface area contributed by atoms with Gasteiger partial charge in [0, 0.05) is 46.3 Å². The van der Waals surface area contributed by atoms with Crippen LogP contribution in [0.25, 0.3) is 10.9 Å². The zero-order valence-electron chi connectivity index (χ0n) is 25.8. The summed E-state index contributed by atoms with van der Waals surface area (Å²) in [6.45, 7) is 6.42. The maximum Gasteiger partial charge on any atom is 0.244 e. The summed E-state index contributed by atoms with van der Waals surface area (Å²) in [5.74, 6) is 0. The molecule has 0 saturated heterocycles. The lowest BCUT2D eigenvalue weighted by atomic mass is 9.85. The third-order valence-electron chi connectivity index (χ3n) is 9.08. The number of benzene rings is 4. The summed E-state index contributed by atoms with van der Waals surface area (Å²) in [5.41, 5.74) is 5.03. The topological polar surface area (TPSA) is 79.7 Å². The van der Waals surface area contributed by atoms with Gasteiger partial charge in [-0.3, -0.25) is 0 Å². The van der Waals surface area contributed by atoms with Crippen LogP contribution in [0.15, 0.2) is 123 Å². The molecule has 0 radical (unpaired) electrons. The predicted octanol–water partition coefficient (Wildman–Crippen LogP) is 7.12. The molecule has 7 nitrogen and oxygen atoms in total. The predicted molar refractivity (Wildman–Crippen MR) is 184 cm³/mol. The van der Waals surface area contributed by atoms with E-state index in [9.17, 15) is 16.8 Å². The fourth-order valence-corrected chi connectivity index (χ4v) is 10.5. The molecular weight excluding hydrogens is 682 g/mol. The Kier molecular flexibility index (Phi) is 7.64. The lowest BCUT2D eigenvalue weighted by Crippen LogP contribution is -2.56. The maximum atomic E-state index is 14.6. The van der Waals surface area contributed by atoms with Gasteiger partial charge < -0.3 is 4.57 Å². The van der Waals surface area contributed by atoms with Crippen molar-refractivity contribution in [3.8, 4) is 0 Å². The van der Waals surface area contributed by atoms with Crippen molar-refractivity contribution >= 4 is 46.9 Å². The van der Waals surface area contributed by atoms with Gasteiger partial charge in [-0.1, -0.05) is 93.3 Å². The Morgan fingerprint density at radius 2 is 1.35 bits per heavy atom. The van der Waals surface area contributed by atoms with Gasteiger partial charge in [-0.05, 0) is 68.8 Å². The van der Waals surface area contributed by atoms with Gasteiger partial charge in [0.2, 0.25) is 20.0 Å². The Morgan fingerprint density at radius 3 is 1.98 bits per heavy atom. The molecule has 1 atom stereocenters. The van der Waals surface area contributed by atoms with Crippen molar-refractivity contribution in [2.75, 3.05) is 13.1 Å². The van der Waals surface area contributed by atoms with Crippen molar-refractivity contribution in [3.05, 3.63) is 141 Å². The third-order valence-corrected chi connectivity index (χ3v) is 13.3. The summed E-state index contributed by atoms with van der Waals surface area (Å²) < 4.78 is 64.2. The molecule has 2 aliphatic heterocycles. The SMILES string of the molecule is CC1=CC2(CN(S(=O)(=O)c3ccc(C)cc3)Cc3c2c2cc(Br)ccc2n3Cc2ccccc2)N(S(=O)(=O)c2ccc(C)cc2)C1. The fourth-order valence-electron chi connectivity index (χ4n) is 6.93. The number of hydrogen-bond donors (Lipinski definition) is 0. The molecule has 5 aromatic rings. The smallest absolute Gasteiger partial charge is 0.244 e. The standard InChI is InChI=1S/C36H34BrN3O4S2/c1-25-9-14-30(15-10-25)45(41,42)38-23-34-35(32-19-29(37)13-18-33(32)39(34)22-28-7-5-4-6-8-28)36(24-38)20-27(3)21-40(36)46(43,44)31-16-11-26(2)12-17-31/h4-20H,21-24H2,1-3H3. The largest absolute Gasteiger partial charge is 0.338 e. The van der Waals surface area contributed by atoms with Crippen molar-refractivity contribution in [3.63, 3.8) is 0 Å². The molecule has 3 heterocycles. The van der Waals surface area contributed by atoms with Gasteiger partial charge in [-0.15, -0.1) is 0 Å². The highest BCUT2D eigenvalue weighted by Crippen LogP contribution is 2.50. The maximum absolute atomic E-state index is 14.6. The van der Waals surface area contributed by atoms with Crippen LogP contribution >= 0.6 is 15.9 Å². The second-order valence-corrected chi connectivity index (χ2v) is 17.1. The van der Waals surface area contributed by atoms with Crippen LogP contribution in [0.4, 0.5) is 0 Å². The van der Waals surface area contributed by atoms with E-state index in [1.807, 2.05) is 75.4 Å². The van der Waals surface area contributed by atoms with E-state index in [1.54, 1.807) is 48.5 Å². The molecule has 10 heteroatoms. The summed E-state index contributed by atoms with van der Waals surface area (Å²) in [6.07, 6.45) is 1.97. The van der Waals surface area contributed by atoms with E-state index < -0.39 is 25.6 Å². The Morgan fingerprint density at radius 1 is 0.739 bits per heavy atom. The summed E-state index contributed by atoms with van der Waals surface area (Å²) in [5, 5.41) is 0.891. The number of aromatic nitrogens is 1. The van der Waals surface area contributed by atoms with Crippen molar-refractivity contribution in [2.45, 2.75) is 49.2 Å². The van der Waals surface area contributed by atoms with Crippen LogP contribution < -0.4 is 0 Å². The highest BCUT2D eigenvalue weighted by atomic mass is 79.9. The van der Waals surface area contributed by atoms with E-state index in [0.29, 0.717) is 6.54 Å². The number of sulfonamides is 2. The monoisotopic (exact) mass is 715 g/mol. The number of hydrogen-bond acceptors (Lipinski definition) is 4. The first-order chi connectivity index (χ1) is 21.9. The molecule has 0 N–H and O–H groups in total. The highest BCUT2D eigenvalue weighted by Gasteiger charge is 2.55. The minimum absolute atomic E-state index is 0.0599. The van der Waals surface area contributed by atoms with Gasteiger partial charge in [0.1, 0.15) is 0 Å². The molecule has 1 aromatic heterocycles. The Balaban J connectivity index is 1.52. The first-order valence-electron chi connectivity index (χ1n) is 15.1. The number of fused-ring (bicyclic) bond motifs is 4. The average molecular weight is 717 g/mol. The van der Waals surface area contributed by atoms with Crippen molar-refractivity contribution in [1.82, 2.24) is 13.2 Å². The summed E-state index contributed by atoms with van der Waals surface area (Å²) in [6, 6.07) is 29.7. The first-order valence-corrected chi connectivity index (χ1v) is 18.8. The Labute approximate surface area is 279 Å². The quantitative estimate of drug-likeness (QED) is 0.176. The molecule has 0 bridgehead atoms. The number of halogens is 1. The molecule has 2 aliphatic rings. The van der Waals surface area contributed by atoms with E-state index in [1.165, 1.54) is 8.61 Å². The molecule has 0 aliphatic carbocycles. The van der Waals surface area contributed by atoms with Gasteiger partial charge >= 0.3 is 0 Å². The fraction of sp³-hybridized carbons (Fsp3) is 0.222. The minimum atomic E-state index is -4.07. The van der Waals surface area contributed by atoms with E-state index in [0.717, 1.165) is 48.9 Å². The molecule has 4 aromatic carbocycles. The van der Waals surface area contributed by atoms with Crippen LogP contribution in [0.3, 0.4) is 0 Å². The van der Waals surface area contributed by atoms with Gasteiger partial charge in [0.05, 0.1) is 21.9 Å². The first kappa shape index (κ1) is 31.1. The lowest BCUT2D eigenvalue weighted by molar-refractivity contribution is 0.198. The number of rotatable bonds is 6.